The molecule has 0 fully saturated rings. The number of anilines is 8. The molecule has 0 spiro atoms. The van der Waals surface area contributed by atoms with Gasteiger partial charge in [-0.1, -0.05) is 112 Å². The molecule has 12 rings (SSSR count). The standard InChI is InChI=1S/C68H56Cl2N12O12S4/c1-33-25-35(13-17-43(33)75-49-26-34(2)57(71)55-53(49)59(83)39-9-5-7-11-41(39)61(55)85)31-81(3)67(87)37-15-19-44-47(28-37)77-63(69)65(79-44)73-21-23-95-96-24-22-74-66-64(70)78-48-29-38(16-20-45(48)80-66)68(88)82(4)32-36-14-18-46(51(27-36)97(89,90)91)76-50-30-52(98(92,93)94)58(72)56-54(50)60(84)40-10-6-8-12-42(40)62(56)86/h5-20,25-30,75-76H,21-24,31-32,71-72H2,1-4H3,(H,73,79)(H,74,80)(H,89,90,91)(H,92,93,94). The smallest absolute Gasteiger partial charge is 0.296 e. The first-order valence-electron chi connectivity index (χ1n) is 29.8. The van der Waals surface area contributed by atoms with Crippen molar-refractivity contribution in [2.45, 2.75) is 36.7 Å². The third kappa shape index (κ3) is 13.4. The van der Waals surface area contributed by atoms with Crippen LogP contribution in [0.25, 0.3) is 22.1 Å². The first-order chi connectivity index (χ1) is 46.6. The van der Waals surface area contributed by atoms with E-state index in [9.17, 15) is 54.7 Å². The van der Waals surface area contributed by atoms with Crippen LogP contribution in [0, 0.1) is 13.8 Å². The molecule has 8 aromatic carbocycles. The number of nitrogens with one attached hydrogen (secondary N) is 4. The lowest BCUT2D eigenvalue weighted by molar-refractivity contribution is 0.0778. The summed E-state index contributed by atoms with van der Waals surface area (Å²) in [5.74, 6) is -0.867. The van der Waals surface area contributed by atoms with Crippen molar-refractivity contribution in [3.8, 4) is 0 Å². The molecule has 10 aromatic rings. The Morgan fingerprint density at radius 1 is 0.480 bits per heavy atom. The van der Waals surface area contributed by atoms with Gasteiger partial charge in [0.1, 0.15) is 9.79 Å². The molecule has 24 nitrogen and oxygen atoms in total. The second-order valence-electron chi connectivity index (χ2n) is 23.0. The minimum absolute atomic E-state index is 0.0401. The van der Waals surface area contributed by atoms with Gasteiger partial charge in [-0.15, -0.1) is 0 Å². The highest BCUT2D eigenvalue weighted by molar-refractivity contribution is 8.76. The summed E-state index contributed by atoms with van der Waals surface area (Å²) in [6, 6.07) is 34.1. The number of nitrogen functional groups attached to an aromatic ring is 2. The number of nitrogens with zero attached hydrogens (tertiary/aromatic N) is 6. The van der Waals surface area contributed by atoms with Gasteiger partial charge in [0, 0.05) is 96.5 Å². The van der Waals surface area contributed by atoms with Crippen molar-refractivity contribution >= 4 is 168 Å². The number of rotatable bonds is 21. The third-order valence-corrected chi connectivity index (χ3v) is 21.1. The third-order valence-electron chi connectivity index (χ3n) is 16.4. The largest absolute Gasteiger partial charge is 0.398 e. The Balaban J connectivity index is 0.607. The molecule has 0 aliphatic heterocycles. The lowest BCUT2D eigenvalue weighted by Gasteiger charge is -2.24. The number of fused-ring (bicyclic) bond motifs is 6. The second-order valence-corrected chi connectivity index (χ2v) is 29.2. The van der Waals surface area contributed by atoms with Crippen LogP contribution in [0.1, 0.15) is 107 Å². The van der Waals surface area contributed by atoms with Crippen LogP contribution >= 0.6 is 44.8 Å². The highest BCUT2D eigenvalue weighted by atomic mass is 35.5. The minimum Gasteiger partial charge on any atom is -0.398 e. The van der Waals surface area contributed by atoms with Crippen molar-refractivity contribution in [2.75, 3.05) is 71.4 Å². The molecule has 0 saturated heterocycles. The summed E-state index contributed by atoms with van der Waals surface area (Å²) >= 11 is 13.2. The number of aryl methyl sites for hydroxylation is 2. The fourth-order valence-electron chi connectivity index (χ4n) is 11.6. The summed E-state index contributed by atoms with van der Waals surface area (Å²) in [7, 11) is -3.81. The normalized spacial score (nSPS) is 12.6. The van der Waals surface area contributed by atoms with Crippen molar-refractivity contribution in [1.29, 1.82) is 0 Å². The van der Waals surface area contributed by atoms with Crippen molar-refractivity contribution in [3.05, 3.63) is 222 Å². The average molecular weight is 1430 g/mol. The van der Waals surface area contributed by atoms with Crippen LogP contribution in [-0.2, 0) is 33.3 Å². The lowest BCUT2D eigenvalue weighted by atomic mass is 9.81. The Morgan fingerprint density at radius 2 is 0.898 bits per heavy atom. The van der Waals surface area contributed by atoms with Crippen LogP contribution < -0.4 is 32.7 Å². The lowest BCUT2D eigenvalue weighted by Crippen LogP contribution is -2.26. The monoisotopic (exact) mass is 1430 g/mol. The van der Waals surface area contributed by atoms with Gasteiger partial charge in [0.15, 0.2) is 45.1 Å². The molecule has 30 heteroatoms. The van der Waals surface area contributed by atoms with Gasteiger partial charge in [-0.25, -0.2) is 19.9 Å². The van der Waals surface area contributed by atoms with Crippen LogP contribution in [0.15, 0.2) is 143 Å². The van der Waals surface area contributed by atoms with E-state index < -0.39 is 70.0 Å². The number of benzene rings is 8. The SMILES string of the molecule is Cc1cc(CN(C)C(=O)c2ccc3nc(NCCSSCCNc4nc5ccc(C(=O)N(C)Cc6ccc(Nc7cc(S(=O)(=O)O)c(N)c8c7C(=O)c7ccccc7C8=O)c(S(=O)(=O)O)c6)cc5nc4Cl)c(Cl)nc3c2)ccc1Nc1cc(C)c(N)c2c1C(=O)c1ccccc1C2=O. The number of aromatic nitrogens is 4. The predicted molar refractivity (Wildman–Crippen MR) is 379 cm³/mol. The van der Waals surface area contributed by atoms with E-state index in [0.29, 0.717) is 91.9 Å². The van der Waals surface area contributed by atoms with Gasteiger partial charge in [0.2, 0.25) is 0 Å². The molecule has 0 radical (unpaired) electrons. The molecule has 498 valence electrons. The number of amides is 2. The quantitative estimate of drug-likeness (QED) is 0.0143. The summed E-state index contributed by atoms with van der Waals surface area (Å²) in [4.78, 5) is 102. The van der Waals surface area contributed by atoms with Crippen molar-refractivity contribution < 1.29 is 54.7 Å². The Morgan fingerprint density at radius 3 is 1.36 bits per heavy atom. The summed E-state index contributed by atoms with van der Waals surface area (Å²) < 4.78 is 71.2. The van der Waals surface area contributed by atoms with Gasteiger partial charge in [-0.05, 0) is 103 Å². The van der Waals surface area contributed by atoms with Gasteiger partial charge in [-0.2, -0.15) is 16.8 Å². The van der Waals surface area contributed by atoms with Gasteiger partial charge in [0.25, 0.3) is 32.1 Å². The number of nitrogens with two attached hydrogens (primary N) is 2. The van der Waals surface area contributed by atoms with Crippen molar-refractivity contribution in [1.82, 2.24) is 29.7 Å². The van der Waals surface area contributed by atoms with E-state index >= 15 is 0 Å². The average Bonchev–Trinajstić information content (AvgIpc) is 0.735. The molecule has 0 bridgehead atoms. The van der Waals surface area contributed by atoms with Crippen LogP contribution in [0.3, 0.4) is 0 Å². The summed E-state index contributed by atoms with van der Waals surface area (Å²) in [6.07, 6.45) is 0. The molecule has 98 heavy (non-hydrogen) atoms. The molecule has 0 saturated carbocycles. The zero-order valence-corrected chi connectivity index (χ0v) is 56.9. The maximum Gasteiger partial charge on any atom is 0.296 e. The number of halogens is 2. The second kappa shape index (κ2) is 27.1. The van der Waals surface area contributed by atoms with Crippen molar-refractivity contribution in [3.63, 3.8) is 0 Å². The van der Waals surface area contributed by atoms with Gasteiger partial charge < -0.3 is 42.5 Å². The Hall–Kier alpha value is -10.0. The summed E-state index contributed by atoms with van der Waals surface area (Å²) in [5, 5.41) is 12.7. The van der Waals surface area contributed by atoms with Crippen molar-refractivity contribution in [2.24, 2.45) is 0 Å². The first-order valence-corrected chi connectivity index (χ1v) is 35.9. The fraction of sp³-hybridized carbons (Fsp3) is 0.147. The molecule has 2 aliphatic carbocycles. The number of hydrogen-bond acceptors (Lipinski definition) is 22. The Bertz CT molecular complexity index is 5360. The fourth-order valence-corrected chi connectivity index (χ4v) is 15.2. The Kier molecular flexibility index (Phi) is 18.8. The number of hydrogen-bond donors (Lipinski definition) is 8. The topological polar surface area (TPSA) is 369 Å². The van der Waals surface area contributed by atoms with Crippen LogP contribution in [0.2, 0.25) is 10.3 Å². The van der Waals surface area contributed by atoms with E-state index in [1.54, 1.807) is 95.1 Å². The number of ketones is 4. The van der Waals surface area contributed by atoms with E-state index in [2.05, 4.69) is 41.2 Å². The Labute approximate surface area is 578 Å². The van der Waals surface area contributed by atoms with Crippen LogP contribution in [0.4, 0.5) is 45.8 Å². The highest BCUT2D eigenvalue weighted by Gasteiger charge is 2.38. The van der Waals surface area contributed by atoms with E-state index in [1.165, 1.54) is 60.5 Å². The number of carbonyl (C=O) groups is 6. The first kappa shape index (κ1) is 67.9. The van der Waals surface area contributed by atoms with E-state index in [1.807, 2.05) is 25.1 Å². The molecule has 0 atom stereocenters. The van der Waals surface area contributed by atoms with Gasteiger partial charge >= 0.3 is 0 Å². The maximum atomic E-state index is 13.9. The predicted octanol–water partition coefficient (Wildman–Crippen LogP) is 11.6. The zero-order valence-electron chi connectivity index (χ0n) is 52.1. The molecule has 2 heterocycles. The molecular weight excluding hydrogens is 1380 g/mol. The molecule has 2 amide bonds. The molecule has 0 unspecified atom stereocenters. The summed E-state index contributed by atoms with van der Waals surface area (Å²) in [6.45, 7) is 4.79. The number of carbonyl (C=O) groups excluding carboxylic acids is 6. The van der Waals surface area contributed by atoms with E-state index in [-0.39, 0.29) is 85.6 Å². The molecule has 10 N–H and O–H groups in total. The maximum absolute atomic E-state index is 13.9. The molecule has 2 aromatic heterocycles. The molecule has 2 aliphatic rings. The zero-order chi connectivity index (χ0) is 69.8. The summed E-state index contributed by atoms with van der Waals surface area (Å²) in [5.41, 5.74) is 17.4. The molecular formula is C68H56Cl2N12O12S4. The van der Waals surface area contributed by atoms with E-state index in [4.69, 9.17) is 34.7 Å². The van der Waals surface area contributed by atoms with Crippen LogP contribution in [0.5, 0.6) is 0 Å². The van der Waals surface area contributed by atoms with Gasteiger partial charge in [0.05, 0.1) is 67.1 Å². The van der Waals surface area contributed by atoms with Crippen LogP contribution in [-0.4, -0.2) is 129 Å². The van der Waals surface area contributed by atoms with Gasteiger partial charge in [-0.3, -0.25) is 37.9 Å². The minimum atomic E-state index is -5.11. The van der Waals surface area contributed by atoms with E-state index in [0.717, 1.165) is 23.3 Å². The highest BCUT2D eigenvalue weighted by Crippen LogP contribution is 2.43.